The number of methoxy groups -OCH3 is 1. The second kappa shape index (κ2) is 3.92. The first kappa shape index (κ1) is 11.7. The number of carboxylic acids is 1. The van der Waals surface area contributed by atoms with Gasteiger partial charge in [0.25, 0.3) is 0 Å². The van der Waals surface area contributed by atoms with Gasteiger partial charge in [0.2, 0.25) is 11.5 Å². The van der Waals surface area contributed by atoms with Gasteiger partial charge in [0.1, 0.15) is 11.9 Å². The van der Waals surface area contributed by atoms with E-state index < -0.39 is 17.9 Å². The van der Waals surface area contributed by atoms with Crippen molar-refractivity contribution in [3.8, 4) is 0 Å². The molecule has 0 radical (unpaired) electrons. The number of rotatable bonds is 2. The highest BCUT2D eigenvalue weighted by Crippen LogP contribution is 2.34. The van der Waals surface area contributed by atoms with Crippen molar-refractivity contribution in [1.29, 1.82) is 0 Å². The normalized spacial score (nSPS) is 25.8. The van der Waals surface area contributed by atoms with E-state index in [-0.39, 0.29) is 5.76 Å². The molecule has 0 amide bonds. The predicted octanol–water partition coefficient (Wildman–Crippen LogP) is 1.58. The fourth-order valence-electron chi connectivity index (χ4n) is 1.80. The summed E-state index contributed by atoms with van der Waals surface area (Å²) in [5.74, 6) is -1.58. The number of carboxylic acid groups (broad SMARTS) is 1. The molecule has 0 aromatic rings. The number of hydrogen-bond donors (Lipinski definition) is 1. The number of aliphatic carboxylic acids is 1. The van der Waals surface area contributed by atoms with Gasteiger partial charge in [-0.2, -0.15) is 0 Å². The summed E-state index contributed by atoms with van der Waals surface area (Å²) >= 11 is 0. The van der Waals surface area contributed by atoms with Crippen molar-refractivity contribution in [3.05, 3.63) is 35.3 Å². The molecular formula is C12H14O5. The maximum absolute atomic E-state index is 11.2. The first-order valence-electron chi connectivity index (χ1n) is 5.21. The minimum absolute atomic E-state index is 0.0925. The number of fused-ring (bicyclic) bond motifs is 1. The molecule has 0 saturated carbocycles. The third kappa shape index (κ3) is 2.19. The van der Waals surface area contributed by atoms with Gasteiger partial charge < -0.3 is 19.3 Å². The largest absolute Gasteiger partial charge is 0.497 e. The van der Waals surface area contributed by atoms with E-state index in [9.17, 15) is 4.79 Å². The van der Waals surface area contributed by atoms with Crippen LogP contribution in [0.25, 0.3) is 0 Å². The molecule has 1 atom stereocenters. The topological polar surface area (TPSA) is 65.0 Å². The van der Waals surface area contributed by atoms with Gasteiger partial charge in [-0.05, 0) is 18.2 Å². The summed E-state index contributed by atoms with van der Waals surface area (Å²) < 4.78 is 16.0. The molecule has 1 unspecified atom stereocenters. The lowest BCUT2D eigenvalue weighted by Gasteiger charge is -2.37. The van der Waals surface area contributed by atoms with Gasteiger partial charge in [-0.3, -0.25) is 0 Å². The maximum Gasteiger partial charge on any atom is 0.371 e. The Morgan fingerprint density at radius 1 is 1.53 bits per heavy atom. The molecule has 17 heavy (non-hydrogen) atoms. The Morgan fingerprint density at radius 2 is 2.24 bits per heavy atom. The summed E-state index contributed by atoms with van der Waals surface area (Å²) in [7, 11) is 1.52. The third-order valence-corrected chi connectivity index (χ3v) is 2.49. The highest BCUT2D eigenvalue weighted by molar-refractivity contribution is 5.86. The zero-order valence-electron chi connectivity index (χ0n) is 9.89. The molecular weight excluding hydrogens is 224 g/mol. The van der Waals surface area contributed by atoms with Crippen molar-refractivity contribution in [1.82, 2.24) is 0 Å². The summed E-state index contributed by atoms with van der Waals surface area (Å²) in [5.41, 5.74) is 0.469. The minimum atomic E-state index is -1.11. The molecule has 0 bridgehead atoms. The molecule has 2 aliphatic rings. The average molecular weight is 238 g/mol. The van der Waals surface area contributed by atoms with Crippen LogP contribution in [0.5, 0.6) is 0 Å². The van der Waals surface area contributed by atoms with Gasteiger partial charge in [0.05, 0.1) is 7.11 Å². The van der Waals surface area contributed by atoms with Crippen LogP contribution in [-0.2, 0) is 19.0 Å². The van der Waals surface area contributed by atoms with Gasteiger partial charge >= 0.3 is 5.97 Å². The van der Waals surface area contributed by atoms with E-state index in [4.69, 9.17) is 19.3 Å². The molecule has 0 fully saturated rings. The summed E-state index contributed by atoms with van der Waals surface area (Å²) in [6, 6.07) is 0. The van der Waals surface area contributed by atoms with Gasteiger partial charge in [-0.15, -0.1) is 0 Å². The van der Waals surface area contributed by atoms with Crippen molar-refractivity contribution in [3.63, 3.8) is 0 Å². The van der Waals surface area contributed by atoms with Crippen LogP contribution in [0.2, 0.25) is 0 Å². The third-order valence-electron chi connectivity index (χ3n) is 2.49. The van der Waals surface area contributed by atoms with Crippen LogP contribution >= 0.6 is 0 Å². The van der Waals surface area contributed by atoms with E-state index >= 15 is 0 Å². The molecule has 2 rings (SSSR count). The summed E-state index contributed by atoms with van der Waals surface area (Å²) in [4.78, 5) is 11.2. The lowest BCUT2D eigenvalue weighted by Crippen LogP contribution is -2.40. The first-order valence-corrected chi connectivity index (χ1v) is 5.21. The molecule has 5 heteroatoms. The molecule has 0 aromatic heterocycles. The quantitative estimate of drug-likeness (QED) is 0.791. The van der Waals surface area contributed by atoms with Crippen LogP contribution in [0.15, 0.2) is 35.3 Å². The monoisotopic (exact) mass is 238 g/mol. The van der Waals surface area contributed by atoms with Crippen molar-refractivity contribution in [2.45, 2.75) is 25.7 Å². The van der Waals surface area contributed by atoms with Crippen LogP contribution in [-0.4, -0.2) is 30.1 Å². The highest BCUT2D eigenvalue weighted by atomic mass is 16.7. The molecule has 1 aliphatic heterocycles. The Labute approximate surface area is 99.0 Å². The molecule has 0 saturated heterocycles. The van der Waals surface area contributed by atoms with Gasteiger partial charge in [0, 0.05) is 19.4 Å². The molecule has 1 N–H and O–H groups in total. The fourth-order valence-corrected chi connectivity index (χ4v) is 1.80. The Kier molecular flexibility index (Phi) is 2.71. The summed E-state index contributed by atoms with van der Waals surface area (Å²) in [5, 5.41) is 9.14. The summed E-state index contributed by atoms with van der Waals surface area (Å²) in [6.45, 7) is 3.35. The minimum Gasteiger partial charge on any atom is -0.497 e. The van der Waals surface area contributed by atoms with E-state index in [1.54, 1.807) is 32.1 Å². The van der Waals surface area contributed by atoms with Crippen molar-refractivity contribution in [2.24, 2.45) is 0 Å². The van der Waals surface area contributed by atoms with Crippen molar-refractivity contribution >= 4 is 5.97 Å². The van der Waals surface area contributed by atoms with Crippen molar-refractivity contribution < 1.29 is 24.1 Å². The number of hydrogen-bond acceptors (Lipinski definition) is 4. The molecule has 0 aromatic carbocycles. The van der Waals surface area contributed by atoms with Crippen LogP contribution in [0, 0.1) is 0 Å². The second-order valence-electron chi connectivity index (χ2n) is 4.24. The zero-order valence-corrected chi connectivity index (χ0v) is 9.89. The van der Waals surface area contributed by atoms with Gasteiger partial charge in [-0.1, -0.05) is 0 Å². The smallest absolute Gasteiger partial charge is 0.371 e. The zero-order chi connectivity index (χ0) is 12.6. The molecule has 0 spiro atoms. The lowest BCUT2D eigenvalue weighted by molar-refractivity contribution is -0.220. The Balaban J connectivity index is 2.48. The van der Waals surface area contributed by atoms with E-state index in [1.807, 2.05) is 0 Å². The van der Waals surface area contributed by atoms with Gasteiger partial charge in [0.15, 0.2) is 0 Å². The van der Waals surface area contributed by atoms with E-state index in [2.05, 4.69) is 0 Å². The molecule has 1 heterocycles. The highest BCUT2D eigenvalue weighted by Gasteiger charge is 2.38. The second-order valence-corrected chi connectivity index (χ2v) is 4.24. The SMILES string of the molecule is COC1=CC2=C(C(=O)O)OC(C)(C)OC2C=C1. The van der Waals surface area contributed by atoms with Gasteiger partial charge in [-0.25, -0.2) is 4.79 Å². The number of ether oxygens (including phenoxy) is 3. The molecule has 5 nitrogen and oxygen atoms in total. The standard InChI is InChI=1S/C12H14O5/c1-12(2)16-9-5-4-7(15-3)6-8(9)10(17-12)11(13)14/h4-6,9H,1-3H3,(H,13,14). The van der Waals surface area contributed by atoms with E-state index in [0.717, 1.165) is 0 Å². The molecule has 92 valence electrons. The Hall–Kier alpha value is -1.75. The van der Waals surface area contributed by atoms with Crippen LogP contribution in [0.3, 0.4) is 0 Å². The molecule has 1 aliphatic carbocycles. The Bertz CT molecular complexity index is 442. The number of carbonyl (C=O) groups is 1. The average Bonchev–Trinajstić information content (AvgIpc) is 2.26. The Morgan fingerprint density at radius 3 is 2.82 bits per heavy atom. The predicted molar refractivity (Wildman–Crippen MR) is 58.9 cm³/mol. The first-order chi connectivity index (χ1) is 7.93. The maximum atomic E-state index is 11.2. The van der Waals surface area contributed by atoms with Crippen molar-refractivity contribution in [2.75, 3.05) is 7.11 Å². The van der Waals surface area contributed by atoms with Crippen LogP contribution in [0.1, 0.15) is 13.8 Å². The van der Waals surface area contributed by atoms with E-state index in [0.29, 0.717) is 11.3 Å². The van der Waals surface area contributed by atoms with Crippen LogP contribution in [0.4, 0.5) is 0 Å². The number of allylic oxidation sites excluding steroid dienone is 1. The van der Waals surface area contributed by atoms with E-state index in [1.165, 1.54) is 7.11 Å². The lowest BCUT2D eigenvalue weighted by atomic mass is 10.00. The summed E-state index contributed by atoms with van der Waals surface area (Å²) in [6.07, 6.45) is 4.70. The van der Waals surface area contributed by atoms with Crippen LogP contribution < -0.4 is 0 Å². The fraction of sp³-hybridized carbons (Fsp3) is 0.417.